The highest BCUT2D eigenvalue weighted by atomic mass is 32.1. The number of nitrogens with zero attached hydrogens (tertiary/aromatic N) is 1. The number of carbonyl (C=O) groups is 2. The van der Waals surface area contributed by atoms with Gasteiger partial charge in [0, 0.05) is 29.1 Å². The second-order valence-corrected chi connectivity index (χ2v) is 6.42. The van der Waals surface area contributed by atoms with E-state index in [1.165, 1.54) is 18.3 Å². The van der Waals surface area contributed by atoms with Crippen LogP contribution in [0.2, 0.25) is 0 Å². The van der Waals surface area contributed by atoms with Gasteiger partial charge in [0.1, 0.15) is 0 Å². The SMILES string of the molecule is CC(=O)Nc1ccc(-c2csc(NC(=O)c3ccccc3C)n2)cc1. The van der Waals surface area contributed by atoms with Crippen molar-refractivity contribution in [2.75, 3.05) is 10.6 Å². The molecule has 6 heteroatoms. The summed E-state index contributed by atoms with van der Waals surface area (Å²) < 4.78 is 0. The maximum atomic E-state index is 12.3. The molecule has 1 heterocycles. The van der Waals surface area contributed by atoms with Gasteiger partial charge in [0.05, 0.1) is 5.69 Å². The molecule has 0 unspecified atom stereocenters. The van der Waals surface area contributed by atoms with E-state index in [0.717, 1.165) is 22.5 Å². The van der Waals surface area contributed by atoms with Crippen LogP contribution >= 0.6 is 11.3 Å². The highest BCUT2D eigenvalue weighted by Crippen LogP contribution is 2.26. The number of hydrogen-bond donors (Lipinski definition) is 2. The lowest BCUT2D eigenvalue weighted by atomic mass is 10.1. The molecule has 126 valence electrons. The van der Waals surface area contributed by atoms with Crippen LogP contribution in [0.3, 0.4) is 0 Å². The van der Waals surface area contributed by atoms with Gasteiger partial charge < -0.3 is 5.32 Å². The lowest BCUT2D eigenvalue weighted by Crippen LogP contribution is -2.12. The van der Waals surface area contributed by atoms with E-state index in [4.69, 9.17) is 0 Å². The first kappa shape index (κ1) is 16.9. The van der Waals surface area contributed by atoms with Crippen molar-refractivity contribution in [3.63, 3.8) is 0 Å². The summed E-state index contributed by atoms with van der Waals surface area (Å²) in [6.07, 6.45) is 0. The summed E-state index contributed by atoms with van der Waals surface area (Å²) >= 11 is 1.38. The second-order valence-electron chi connectivity index (χ2n) is 5.57. The van der Waals surface area contributed by atoms with Crippen molar-refractivity contribution < 1.29 is 9.59 Å². The Morgan fingerprint density at radius 1 is 1.00 bits per heavy atom. The van der Waals surface area contributed by atoms with Crippen LogP contribution in [0.25, 0.3) is 11.3 Å². The molecule has 0 fully saturated rings. The van der Waals surface area contributed by atoms with Gasteiger partial charge in [0.25, 0.3) is 5.91 Å². The molecule has 0 aliphatic carbocycles. The summed E-state index contributed by atoms with van der Waals surface area (Å²) in [5.41, 5.74) is 3.99. The van der Waals surface area contributed by atoms with Gasteiger partial charge in [-0.25, -0.2) is 4.98 Å². The van der Waals surface area contributed by atoms with Crippen molar-refractivity contribution in [2.24, 2.45) is 0 Å². The molecule has 1 aromatic heterocycles. The first-order chi connectivity index (χ1) is 12.0. The Hall–Kier alpha value is -2.99. The summed E-state index contributed by atoms with van der Waals surface area (Å²) in [7, 11) is 0. The van der Waals surface area contributed by atoms with Crippen LogP contribution in [0.4, 0.5) is 10.8 Å². The average molecular weight is 351 g/mol. The van der Waals surface area contributed by atoms with E-state index in [2.05, 4.69) is 15.6 Å². The van der Waals surface area contributed by atoms with Crippen LogP contribution in [0, 0.1) is 6.92 Å². The normalized spacial score (nSPS) is 10.3. The third-order valence-electron chi connectivity index (χ3n) is 3.62. The van der Waals surface area contributed by atoms with Crippen LogP contribution in [-0.4, -0.2) is 16.8 Å². The van der Waals surface area contributed by atoms with E-state index in [0.29, 0.717) is 10.7 Å². The highest BCUT2D eigenvalue weighted by molar-refractivity contribution is 7.14. The van der Waals surface area contributed by atoms with Crippen molar-refractivity contribution in [3.05, 3.63) is 65.0 Å². The minimum absolute atomic E-state index is 0.109. The first-order valence-corrected chi connectivity index (χ1v) is 8.61. The monoisotopic (exact) mass is 351 g/mol. The second kappa shape index (κ2) is 7.27. The van der Waals surface area contributed by atoms with Crippen LogP contribution in [0.15, 0.2) is 53.9 Å². The quantitative estimate of drug-likeness (QED) is 0.735. The topological polar surface area (TPSA) is 71.1 Å². The van der Waals surface area contributed by atoms with Gasteiger partial charge in [-0.2, -0.15) is 0 Å². The summed E-state index contributed by atoms with van der Waals surface area (Å²) in [4.78, 5) is 27.9. The Balaban J connectivity index is 1.73. The van der Waals surface area contributed by atoms with Crippen molar-refractivity contribution in [3.8, 4) is 11.3 Å². The molecule has 0 saturated heterocycles. The molecule has 3 aromatic rings. The molecule has 0 radical (unpaired) electrons. The van der Waals surface area contributed by atoms with Crippen LogP contribution in [0.5, 0.6) is 0 Å². The van der Waals surface area contributed by atoms with Gasteiger partial charge >= 0.3 is 0 Å². The fraction of sp³-hybridized carbons (Fsp3) is 0.105. The predicted molar refractivity (Wildman–Crippen MR) is 101 cm³/mol. The molecule has 0 aliphatic rings. The number of nitrogens with one attached hydrogen (secondary N) is 2. The number of amides is 2. The zero-order valence-corrected chi connectivity index (χ0v) is 14.7. The molecule has 0 spiro atoms. The first-order valence-electron chi connectivity index (χ1n) is 7.73. The molecule has 5 nitrogen and oxygen atoms in total. The third kappa shape index (κ3) is 4.10. The zero-order chi connectivity index (χ0) is 17.8. The fourth-order valence-electron chi connectivity index (χ4n) is 2.38. The Labute approximate surface area is 149 Å². The number of hydrogen-bond acceptors (Lipinski definition) is 4. The van der Waals surface area contributed by atoms with Gasteiger partial charge in [-0.15, -0.1) is 11.3 Å². The molecule has 0 aliphatic heterocycles. The lowest BCUT2D eigenvalue weighted by Gasteiger charge is -2.05. The molecule has 2 N–H and O–H groups in total. The summed E-state index contributed by atoms with van der Waals surface area (Å²) in [5.74, 6) is -0.275. The lowest BCUT2D eigenvalue weighted by molar-refractivity contribution is -0.114. The van der Waals surface area contributed by atoms with Gasteiger partial charge in [0.2, 0.25) is 5.91 Å². The van der Waals surface area contributed by atoms with Crippen molar-refractivity contribution in [1.29, 1.82) is 0 Å². The predicted octanol–water partition coefficient (Wildman–Crippen LogP) is 4.33. The van der Waals surface area contributed by atoms with Gasteiger partial charge in [-0.1, -0.05) is 30.3 Å². The number of thiazole rings is 1. The van der Waals surface area contributed by atoms with E-state index < -0.39 is 0 Å². The molecular weight excluding hydrogens is 334 g/mol. The molecular formula is C19H17N3O2S. The summed E-state index contributed by atoms with van der Waals surface area (Å²) in [6, 6.07) is 14.8. The maximum absolute atomic E-state index is 12.3. The van der Waals surface area contributed by atoms with Crippen molar-refractivity contribution >= 4 is 34.0 Å². The number of carbonyl (C=O) groups excluding carboxylic acids is 2. The maximum Gasteiger partial charge on any atom is 0.257 e. The Bertz CT molecular complexity index is 916. The van der Waals surface area contributed by atoms with Crippen LogP contribution in [-0.2, 0) is 4.79 Å². The van der Waals surface area contributed by atoms with Crippen molar-refractivity contribution in [1.82, 2.24) is 4.98 Å². The van der Waals surface area contributed by atoms with E-state index in [-0.39, 0.29) is 11.8 Å². The third-order valence-corrected chi connectivity index (χ3v) is 4.37. The standard InChI is InChI=1S/C19H17N3O2S/c1-12-5-3-4-6-16(12)18(24)22-19-21-17(11-25-19)14-7-9-15(10-8-14)20-13(2)23/h3-11H,1-2H3,(H,20,23)(H,21,22,24). The largest absolute Gasteiger partial charge is 0.326 e. The zero-order valence-electron chi connectivity index (χ0n) is 13.9. The number of benzene rings is 2. The Kier molecular flexibility index (Phi) is 4.90. The fourth-order valence-corrected chi connectivity index (χ4v) is 3.10. The summed E-state index contributed by atoms with van der Waals surface area (Å²) in [6.45, 7) is 3.37. The van der Waals surface area contributed by atoms with E-state index in [9.17, 15) is 9.59 Å². The van der Waals surface area contributed by atoms with Crippen molar-refractivity contribution in [2.45, 2.75) is 13.8 Å². The number of rotatable bonds is 4. The summed E-state index contributed by atoms with van der Waals surface area (Å²) in [5, 5.41) is 8.00. The molecule has 0 saturated carbocycles. The molecule has 2 aromatic carbocycles. The Morgan fingerprint density at radius 3 is 2.40 bits per heavy atom. The smallest absolute Gasteiger partial charge is 0.257 e. The molecule has 25 heavy (non-hydrogen) atoms. The van der Waals surface area contributed by atoms with Gasteiger partial charge in [-0.3, -0.25) is 14.9 Å². The van der Waals surface area contributed by atoms with Gasteiger partial charge in [-0.05, 0) is 30.7 Å². The van der Waals surface area contributed by atoms with E-state index in [1.54, 1.807) is 6.07 Å². The number of aryl methyl sites for hydroxylation is 1. The van der Waals surface area contributed by atoms with E-state index in [1.807, 2.05) is 54.8 Å². The highest BCUT2D eigenvalue weighted by Gasteiger charge is 2.11. The van der Waals surface area contributed by atoms with Crippen LogP contribution in [0.1, 0.15) is 22.8 Å². The minimum atomic E-state index is -0.167. The average Bonchev–Trinajstić information content (AvgIpc) is 3.04. The molecule has 0 atom stereocenters. The van der Waals surface area contributed by atoms with Crippen LogP contribution < -0.4 is 10.6 Å². The van der Waals surface area contributed by atoms with Gasteiger partial charge in [0.15, 0.2) is 5.13 Å². The molecule has 0 bridgehead atoms. The Morgan fingerprint density at radius 2 is 1.72 bits per heavy atom. The minimum Gasteiger partial charge on any atom is -0.326 e. The molecule has 2 amide bonds. The molecule has 3 rings (SSSR count). The number of anilines is 2. The number of aromatic nitrogens is 1. The van der Waals surface area contributed by atoms with E-state index >= 15 is 0 Å².